The van der Waals surface area contributed by atoms with Crippen molar-refractivity contribution >= 4 is 6.29 Å². The third-order valence-electron chi connectivity index (χ3n) is 2.49. The van der Waals surface area contributed by atoms with Crippen molar-refractivity contribution in [3.63, 3.8) is 0 Å². The Morgan fingerprint density at radius 3 is 1.50 bits per heavy atom. The minimum atomic E-state index is 0.322. The monoisotopic (exact) mass is 290 g/mol. The normalized spacial score (nSPS) is 11.8. The summed E-state index contributed by atoms with van der Waals surface area (Å²) in [4.78, 5) is 10.0. The summed E-state index contributed by atoms with van der Waals surface area (Å²) in [6, 6.07) is 0. The van der Waals surface area contributed by atoms with Crippen molar-refractivity contribution in [3.05, 3.63) is 0 Å². The lowest BCUT2D eigenvalue weighted by Crippen LogP contribution is -2.14. The molecule has 0 fully saturated rings. The summed E-state index contributed by atoms with van der Waals surface area (Å²) in [6.07, 6.45) is 2.34. The van der Waals surface area contributed by atoms with E-state index in [2.05, 4.69) is 20.8 Å². The van der Waals surface area contributed by atoms with Crippen LogP contribution in [0.2, 0.25) is 0 Å². The molecule has 0 aromatic carbocycles. The quantitative estimate of drug-likeness (QED) is 0.362. The summed E-state index contributed by atoms with van der Waals surface area (Å²) >= 11 is 0. The number of hydrogen-bond acceptors (Lipinski definition) is 5. The van der Waals surface area contributed by atoms with Gasteiger partial charge in [0.05, 0.1) is 46.2 Å². The van der Waals surface area contributed by atoms with Gasteiger partial charge in [0.2, 0.25) is 0 Å². The molecule has 0 unspecified atom stereocenters. The van der Waals surface area contributed by atoms with Crippen molar-refractivity contribution in [1.82, 2.24) is 0 Å². The number of ether oxygens (including phenoxy) is 4. The number of carbonyl (C=O) groups is 1. The molecule has 0 amide bonds. The number of rotatable bonds is 14. The average Bonchev–Trinajstić information content (AvgIpc) is 2.38. The van der Waals surface area contributed by atoms with Gasteiger partial charge < -0.3 is 23.7 Å². The Hall–Kier alpha value is -0.490. The highest BCUT2D eigenvalue weighted by Gasteiger charge is 2.08. The van der Waals surface area contributed by atoms with Crippen LogP contribution in [-0.4, -0.2) is 59.1 Å². The second kappa shape index (κ2) is 13.5. The van der Waals surface area contributed by atoms with Crippen LogP contribution >= 0.6 is 0 Å². The molecule has 0 heterocycles. The lowest BCUT2D eigenvalue weighted by molar-refractivity contribution is -0.108. The molecule has 0 aliphatic carbocycles. The van der Waals surface area contributed by atoms with Crippen molar-refractivity contribution in [1.29, 1.82) is 0 Å². The molecule has 0 saturated heterocycles. The standard InChI is InChI=1S/C15H30O5/c1-15(2,3)5-8-18-10-12-20-14-13-19-11-9-17-7-4-6-16/h6H,4-5,7-14H2,1-3H3. The summed E-state index contributed by atoms with van der Waals surface area (Å²) in [6.45, 7) is 11.3. The molecule has 0 spiro atoms. The fourth-order valence-corrected chi connectivity index (χ4v) is 1.27. The fourth-order valence-electron chi connectivity index (χ4n) is 1.27. The first-order valence-electron chi connectivity index (χ1n) is 7.31. The van der Waals surface area contributed by atoms with Gasteiger partial charge in [-0.3, -0.25) is 0 Å². The van der Waals surface area contributed by atoms with E-state index >= 15 is 0 Å². The summed E-state index contributed by atoms with van der Waals surface area (Å²) in [5.74, 6) is 0. The van der Waals surface area contributed by atoms with Crippen molar-refractivity contribution in [2.24, 2.45) is 5.41 Å². The maximum atomic E-state index is 10.0. The topological polar surface area (TPSA) is 54.0 Å². The highest BCUT2D eigenvalue weighted by molar-refractivity contribution is 5.49. The zero-order chi connectivity index (χ0) is 15.1. The van der Waals surface area contributed by atoms with Crippen LogP contribution in [0.4, 0.5) is 0 Å². The van der Waals surface area contributed by atoms with E-state index in [4.69, 9.17) is 18.9 Å². The van der Waals surface area contributed by atoms with Crippen molar-refractivity contribution in [3.8, 4) is 0 Å². The highest BCUT2D eigenvalue weighted by atomic mass is 16.6. The Bertz CT molecular complexity index is 213. The smallest absolute Gasteiger partial charge is 0.122 e. The van der Waals surface area contributed by atoms with E-state index in [1.165, 1.54) is 0 Å². The minimum absolute atomic E-state index is 0.322. The molecule has 0 radical (unpaired) electrons. The molecule has 0 atom stereocenters. The summed E-state index contributed by atoms with van der Waals surface area (Å²) in [5, 5.41) is 0. The first-order chi connectivity index (χ1) is 9.56. The molecule has 0 saturated carbocycles. The third-order valence-corrected chi connectivity index (χ3v) is 2.49. The Labute approximate surface area is 122 Å². The zero-order valence-electron chi connectivity index (χ0n) is 13.2. The van der Waals surface area contributed by atoms with E-state index in [0.29, 0.717) is 58.1 Å². The zero-order valence-corrected chi connectivity index (χ0v) is 13.2. The first kappa shape index (κ1) is 19.5. The van der Waals surface area contributed by atoms with Gasteiger partial charge in [-0.25, -0.2) is 0 Å². The Balaban J connectivity index is 3.01. The van der Waals surface area contributed by atoms with Crippen LogP contribution in [-0.2, 0) is 23.7 Å². The van der Waals surface area contributed by atoms with Crippen molar-refractivity contribution in [2.45, 2.75) is 33.6 Å². The van der Waals surface area contributed by atoms with Gasteiger partial charge in [0.25, 0.3) is 0 Å². The lowest BCUT2D eigenvalue weighted by Gasteiger charge is -2.17. The summed E-state index contributed by atoms with van der Waals surface area (Å²) < 4.78 is 21.3. The minimum Gasteiger partial charge on any atom is -0.379 e. The van der Waals surface area contributed by atoms with Gasteiger partial charge in [-0.15, -0.1) is 0 Å². The molecular weight excluding hydrogens is 260 g/mol. The van der Waals surface area contributed by atoms with Gasteiger partial charge in [0.15, 0.2) is 0 Å². The molecule has 20 heavy (non-hydrogen) atoms. The highest BCUT2D eigenvalue weighted by Crippen LogP contribution is 2.17. The molecule has 5 heteroatoms. The second-order valence-electron chi connectivity index (χ2n) is 5.72. The van der Waals surface area contributed by atoms with Gasteiger partial charge >= 0.3 is 0 Å². The Kier molecular flexibility index (Phi) is 13.2. The van der Waals surface area contributed by atoms with Crippen molar-refractivity contribution < 1.29 is 23.7 Å². The van der Waals surface area contributed by atoms with Gasteiger partial charge in [-0.1, -0.05) is 20.8 Å². The lowest BCUT2D eigenvalue weighted by atomic mass is 9.93. The van der Waals surface area contributed by atoms with E-state index in [0.717, 1.165) is 19.3 Å². The molecular formula is C15H30O5. The SMILES string of the molecule is CC(C)(C)CCOCCOCCOCCOCCC=O. The van der Waals surface area contributed by atoms with E-state index < -0.39 is 0 Å². The van der Waals surface area contributed by atoms with Crippen LogP contribution in [0.25, 0.3) is 0 Å². The van der Waals surface area contributed by atoms with Crippen LogP contribution < -0.4 is 0 Å². The molecule has 120 valence electrons. The molecule has 0 aliphatic rings. The molecule has 0 N–H and O–H groups in total. The summed E-state index contributed by atoms with van der Waals surface area (Å²) in [7, 11) is 0. The van der Waals surface area contributed by atoms with Gasteiger partial charge in [-0.2, -0.15) is 0 Å². The van der Waals surface area contributed by atoms with Gasteiger partial charge in [-0.05, 0) is 11.8 Å². The predicted molar refractivity (Wildman–Crippen MR) is 78.0 cm³/mol. The number of aldehydes is 1. The molecule has 0 aliphatic heterocycles. The van der Waals surface area contributed by atoms with Crippen LogP contribution in [0.5, 0.6) is 0 Å². The Morgan fingerprint density at radius 1 is 0.700 bits per heavy atom. The molecule has 0 rings (SSSR count). The third kappa shape index (κ3) is 17.5. The second-order valence-corrected chi connectivity index (χ2v) is 5.72. The summed E-state index contributed by atoms with van der Waals surface area (Å²) in [5.41, 5.74) is 0.322. The Morgan fingerprint density at radius 2 is 1.10 bits per heavy atom. The van der Waals surface area contributed by atoms with E-state index in [1.807, 2.05) is 0 Å². The molecule has 0 aromatic rings. The largest absolute Gasteiger partial charge is 0.379 e. The van der Waals surface area contributed by atoms with E-state index in [-0.39, 0.29) is 0 Å². The van der Waals surface area contributed by atoms with Crippen LogP contribution in [0.1, 0.15) is 33.6 Å². The van der Waals surface area contributed by atoms with Crippen LogP contribution in [0.3, 0.4) is 0 Å². The van der Waals surface area contributed by atoms with E-state index in [9.17, 15) is 4.79 Å². The predicted octanol–water partition coefficient (Wildman–Crippen LogP) is 2.08. The maximum absolute atomic E-state index is 10.0. The molecule has 5 nitrogen and oxygen atoms in total. The first-order valence-corrected chi connectivity index (χ1v) is 7.31. The van der Waals surface area contributed by atoms with Gasteiger partial charge in [0, 0.05) is 13.0 Å². The number of carbonyl (C=O) groups excluding carboxylic acids is 1. The number of hydrogen-bond donors (Lipinski definition) is 0. The molecule has 0 aromatic heterocycles. The van der Waals surface area contributed by atoms with Crippen molar-refractivity contribution in [2.75, 3.05) is 52.9 Å². The fraction of sp³-hybridized carbons (Fsp3) is 0.933. The van der Waals surface area contributed by atoms with Gasteiger partial charge in [0.1, 0.15) is 6.29 Å². The van der Waals surface area contributed by atoms with Crippen LogP contribution in [0, 0.1) is 5.41 Å². The van der Waals surface area contributed by atoms with Crippen LogP contribution in [0.15, 0.2) is 0 Å². The maximum Gasteiger partial charge on any atom is 0.122 e. The molecule has 0 bridgehead atoms. The van der Waals surface area contributed by atoms with E-state index in [1.54, 1.807) is 0 Å². The average molecular weight is 290 g/mol.